The molecule has 0 saturated heterocycles. The fourth-order valence-corrected chi connectivity index (χ4v) is 2.83. The number of hydrogen-bond acceptors (Lipinski definition) is 6. The third-order valence-corrected chi connectivity index (χ3v) is 4.46. The number of rotatable bonds is 6. The zero-order valence-electron chi connectivity index (χ0n) is 14.4. The third kappa shape index (κ3) is 3.88. The predicted molar refractivity (Wildman–Crippen MR) is 95.5 cm³/mol. The van der Waals surface area contributed by atoms with E-state index >= 15 is 0 Å². The quantitative estimate of drug-likeness (QED) is 0.339. The van der Waals surface area contributed by atoms with Gasteiger partial charge in [0.25, 0.3) is 5.69 Å². The molecule has 0 unspecified atom stereocenters. The van der Waals surface area contributed by atoms with Crippen LogP contribution in [-0.4, -0.2) is 23.7 Å². The predicted octanol–water partition coefficient (Wildman–Crippen LogP) is 3.94. The summed E-state index contributed by atoms with van der Waals surface area (Å²) in [5, 5.41) is 14.6. The SMILES string of the molecule is COc1ccc([C@H]2C[C@H]2/C(C)=N\OC(=O)c2ccc([N+](=O)[O-])cc2)cc1. The maximum Gasteiger partial charge on any atom is 0.365 e. The highest BCUT2D eigenvalue weighted by Gasteiger charge is 2.40. The molecule has 0 amide bonds. The van der Waals surface area contributed by atoms with Crippen molar-refractivity contribution in [1.29, 1.82) is 0 Å². The molecule has 134 valence electrons. The van der Waals surface area contributed by atoms with Crippen LogP contribution in [0.15, 0.2) is 53.7 Å². The van der Waals surface area contributed by atoms with Gasteiger partial charge in [-0.25, -0.2) is 4.79 Å². The number of nitrogens with zero attached hydrogens (tertiary/aromatic N) is 2. The zero-order valence-corrected chi connectivity index (χ0v) is 14.4. The van der Waals surface area contributed by atoms with E-state index in [4.69, 9.17) is 9.57 Å². The van der Waals surface area contributed by atoms with E-state index in [0.717, 1.165) is 17.9 Å². The highest BCUT2D eigenvalue weighted by molar-refractivity contribution is 5.92. The molecule has 2 aromatic rings. The van der Waals surface area contributed by atoms with Crippen LogP contribution in [0.1, 0.15) is 35.2 Å². The molecule has 0 N–H and O–H groups in total. The highest BCUT2D eigenvalue weighted by Crippen LogP contribution is 2.48. The Balaban J connectivity index is 1.58. The average Bonchev–Trinajstić information content (AvgIpc) is 3.47. The van der Waals surface area contributed by atoms with E-state index in [0.29, 0.717) is 5.92 Å². The Hall–Kier alpha value is -3.22. The van der Waals surface area contributed by atoms with Gasteiger partial charge < -0.3 is 9.57 Å². The molecule has 0 radical (unpaired) electrons. The number of carbonyl (C=O) groups is 1. The number of methoxy groups -OCH3 is 1. The van der Waals surface area contributed by atoms with Crippen LogP contribution in [0.3, 0.4) is 0 Å². The summed E-state index contributed by atoms with van der Waals surface area (Å²) in [6.07, 6.45) is 0.955. The van der Waals surface area contributed by atoms with Crippen molar-refractivity contribution in [3.05, 3.63) is 69.8 Å². The summed E-state index contributed by atoms with van der Waals surface area (Å²) in [5.41, 5.74) is 2.09. The highest BCUT2D eigenvalue weighted by atomic mass is 16.7. The van der Waals surface area contributed by atoms with Gasteiger partial charge in [-0.3, -0.25) is 10.1 Å². The van der Waals surface area contributed by atoms with Gasteiger partial charge in [0.15, 0.2) is 0 Å². The van der Waals surface area contributed by atoms with Crippen LogP contribution in [0.25, 0.3) is 0 Å². The van der Waals surface area contributed by atoms with Crippen molar-refractivity contribution in [2.24, 2.45) is 11.1 Å². The Kier molecular flexibility index (Phi) is 4.97. The van der Waals surface area contributed by atoms with E-state index in [1.807, 2.05) is 31.2 Å². The molecule has 2 aromatic carbocycles. The van der Waals surface area contributed by atoms with Crippen LogP contribution in [0.4, 0.5) is 5.69 Å². The number of nitro benzene ring substituents is 1. The molecular formula is C19H18N2O5. The van der Waals surface area contributed by atoms with E-state index in [2.05, 4.69) is 5.16 Å². The van der Waals surface area contributed by atoms with Gasteiger partial charge in [-0.2, -0.15) is 0 Å². The standard InChI is InChI=1S/C19H18N2O5/c1-12(17-11-18(17)13-5-9-16(25-2)10-6-13)20-26-19(22)14-3-7-15(8-4-14)21(23)24/h3-10,17-18H,11H2,1-2H3/b20-12-/t17-,18+/m0/s1. The monoisotopic (exact) mass is 354 g/mol. The molecule has 3 rings (SSSR count). The van der Waals surface area contributed by atoms with Crippen molar-refractivity contribution in [3.63, 3.8) is 0 Å². The first-order valence-electron chi connectivity index (χ1n) is 8.14. The van der Waals surface area contributed by atoms with E-state index in [1.54, 1.807) is 7.11 Å². The van der Waals surface area contributed by atoms with Crippen LogP contribution in [0, 0.1) is 16.0 Å². The summed E-state index contributed by atoms with van der Waals surface area (Å²) in [7, 11) is 1.63. The fraction of sp³-hybridized carbons (Fsp3) is 0.263. The minimum Gasteiger partial charge on any atom is -0.497 e. The summed E-state index contributed by atoms with van der Waals surface area (Å²) in [4.78, 5) is 27.1. The van der Waals surface area contributed by atoms with Crippen LogP contribution in [0.5, 0.6) is 5.75 Å². The molecule has 7 heteroatoms. The van der Waals surface area contributed by atoms with Crippen molar-refractivity contribution in [3.8, 4) is 5.75 Å². The lowest BCUT2D eigenvalue weighted by molar-refractivity contribution is -0.384. The Morgan fingerprint density at radius 2 is 1.81 bits per heavy atom. The fourth-order valence-electron chi connectivity index (χ4n) is 2.83. The molecule has 0 spiro atoms. The van der Waals surface area contributed by atoms with E-state index < -0.39 is 10.9 Å². The van der Waals surface area contributed by atoms with Gasteiger partial charge in [0, 0.05) is 18.1 Å². The smallest absolute Gasteiger partial charge is 0.365 e. The first-order valence-corrected chi connectivity index (χ1v) is 8.14. The van der Waals surface area contributed by atoms with Crippen LogP contribution >= 0.6 is 0 Å². The lowest BCUT2D eigenvalue weighted by Crippen LogP contribution is -2.05. The molecule has 0 aromatic heterocycles. The lowest BCUT2D eigenvalue weighted by atomic mass is 10.1. The minimum atomic E-state index is -0.638. The molecule has 1 aliphatic rings. The Bertz CT molecular complexity index is 843. The molecule has 0 aliphatic heterocycles. The summed E-state index contributed by atoms with van der Waals surface area (Å²) in [6.45, 7) is 1.83. The molecule has 1 saturated carbocycles. The van der Waals surface area contributed by atoms with Gasteiger partial charge in [-0.15, -0.1) is 0 Å². The number of oxime groups is 1. The number of ether oxygens (including phenoxy) is 1. The first-order chi connectivity index (χ1) is 12.5. The van der Waals surface area contributed by atoms with Crippen LogP contribution in [0.2, 0.25) is 0 Å². The molecule has 1 fully saturated rings. The summed E-state index contributed by atoms with van der Waals surface area (Å²) in [5.74, 6) is 0.782. The lowest BCUT2D eigenvalue weighted by Gasteiger charge is -2.03. The van der Waals surface area contributed by atoms with Gasteiger partial charge in [0.2, 0.25) is 0 Å². The Morgan fingerprint density at radius 1 is 1.15 bits per heavy atom. The van der Waals surface area contributed by atoms with Crippen molar-refractivity contribution < 1.29 is 19.3 Å². The maximum atomic E-state index is 12.0. The molecular weight excluding hydrogens is 336 g/mol. The van der Waals surface area contributed by atoms with Crippen molar-refractivity contribution in [1.82, 2.24) is 0 Å². The molecule has 26 heavy (non-hydrogen) atoms. The van der Waals surface area contributed by atoms with Crippen LogP contribution < -0.4 is 4.74 Å². The van der Waals surface area contributed by atoms with E-state index in [9.17, 15) is 14.9 Å². The number of benzene rings is 2. The van der Waals surface area contributed by atoms with Crippen molar-refractivity contribution in [2.75, 3.05) is 7.11 Å². The molecule has 1 aliphatic carbocycles. The largest absolute Gasteiger partial charge is 0.497 e. The van der Waals surface area contributed by atoms with Crippen LogP contribution in [-0.2, 0) is 4.84 Å². The van der Waals surface area contributed by atoms with E-state index in [1.165, 1.54) is 29.8 Å². The van der Waals surface area contributed by atoms with Crippen molar-refractivity contribution >= 4 is 17.4 Å². The number of hydrogen-bond donors (Lipinski definition) is 0. The van der Waals surface area contributed by atoms with E-state index in [-0.39, 0.29) is 17.2 Å². The summed E-state index contributed by atoms with van der Waals surface area (Å²) in [6, 6.07) is 13.1. The topological polar surface area (TPSA) is 91.0 Å². The molecule has 0 bridgehead atoms. The maximum absolute atomic E-state index is 12.0. The van der Waals surface area contributed by atoms with Gasteiger partial charge in [-0.05, 0) is 49.1 Å². The third-order valence-electron chi connectivity index (χ3n) is 4.46. The van der Waals surface area contributed by atoms with Gasteiger partial charge in [0.05, 0.1) is 23.3 Å². The Labute approximate surface area is 150 Å². The van der Waals surface area contributed by atoms with Gasteiger partial charge >= 0.3 is 5.97 Å². The summed E-state index contributed by atoms with van der Waals surface area (Å²) >= 11 is 0. The molecule has 7 nitrogen and oxygen atoms in total. The first kappa shape index (κ1) is 17.6. The normalized spacial score (nSPS) is 18.9. The summed E-state index contributed by atoms with van der Waals surface area (Å²) < 4.78 is 5.15. The second-order valence-corrected chi connectivity index (χ2v) is 6.14. The number of carbonyl (C=O) groups excluding carboxylic acids is 1. The van der Waals surface area contributed by atoms with Gasteiger partial charge in [0.1, 0.15) is 5.75 Å². The number of non-ortho nitro benzene ring substituents is 1. The Morgan fingerprint density at radius 3 is 2.38 bits per heavy atom. The average molecular weight is 354 g/mol. The molecule has 0 heterocycles. The molecule has 2 atom stereocenters. The second kappa shape index (κ2) is 7.35. The number of nitro groups is 1. The van der Waals surface area contributed by atoms with Crippen molar-refractivity contribution in [2.45, 2.75) is 19.3 Å². The van der Waals surface area contributed by atoms with Gasteiger partial charge in [-0.1, -0.05) is 17.3 Å². The zero-order chi connectivity index (χ0) is 18.7. The minimum absolute atomic E-state index is 0.0819. The second-order valence-electron chi connectivity index (χ2n) is 6.14.